The van der Waals surface area contributed by atoms with Crippen molar-refractivity contribution < 1.29 is 0 Å². The summed E-state index contributed by atoms with van der Waals surface area (Å²) in [6.45, 7) is 9.75. The Labute approximate surface area is 119 Å². The molecule has 1 N–H and O–H groups in total. The molecular formula is C16H22N2S. The van der Waals surface area contributed by atoms with Crippen LogP contribution in [0.3, 0.4) is 0 Å². The van der Waals surface area contributed by atoms with Crippen LogP contribution in [-0.2, 0) is 0 Å². The van der Waals surface area contributed by atoms with Gasteiger partial charge in [-0.25, -0.2) is 0 Å². The van der Waals surface area contributed by atoms with Crippen LogP contribution in [-0.4, -0.2) is 11.5 Å². The van der Waals surface area contributed by atoms with Crippen molar-refractivity contribution in [3.8, 4) is 0 Å². The monoisotopic (exact) mass is 274 g/mol. The van der Waals surface area contributed by atoms with Crippen LogP contribution in [0.1, 0.15) is 45.8 Å². The Morgan fingerprint density at radius 2 is 2.05 bits per heavy atom. The van der Waals surface area contributed by atoms with E-state index in [0.717, 1.165) is 13.0 Å². The maximum absolute atomic E-state index is 4.29. The number of nitrogens with one attached hydrogen (secondary N) is 1. The zero-order valence-electron chi connectivity index (χ0n) is 12.2. The fourth-order valence-electron chi connectivity index (χ4n) is 2.17. The molecule has 2 heterocycles. The van der Waals surface area contributed by atoms with Gasteiger partial charge >= 0.3 is 0 Å². The predicted octanol–water partition coefficient (Wildman–Crippen LogP) is 4.16. The standard InChI is InChI=1S/C16H22N2S/c1-5-7-18-16(14-10-17-8-6-11(14)2)15-9-12(3)13(4)19-15/h6,8-10,16,18H,5,7H2,1-4H3. The topological polar surface area (TPSA) is 24.9 Å². The largest absolute Gasteiger partial charge is 0.306 e. The summed E-state index contributed by atoms with van der Waals surface area (Å²) in [5.74, 6) is 0. The molecule has 0 bridgehead atoms. The van der Waals surface area contributed by atoms with Crippen LogP contribution in [0.25, 0.3) is 0 Å². The number of hydrogen-bond acceptors (Lipinski definition) is 3. The lowest BCUT2D eigenvalue weighted by Gasteiger charge is -2.19. The maximum Gasteiger partial charge on any atom is 0.0688 e. The zero-order chi connectivity index (χ0) is 13.8. The number of rotatable bonds is 5. The molecule has 102 valence electrons. The first-order valence-corrected chi connectivity index (χ1v) is 7.66. The Bertz CT molecular complexity index is 526. The van der Waals surface area contributed by atoms with Gasteiger partial charge in [-0.05, 0) is 62.6 Å². The lowest BCUT2D eigenvalue weighted by Crippen LogP contribution is -2.23. The van der Waals surface area contributed by atoms with Crippen LogP contribution < -0.4 is 5.32 Å². The summed E-state index contributed by atoms with van der Waals surface area (Å²) in [5.41, 5.74) is 3.97. The first kappa shape index (κ1) is 14.2. The highest BCUT2D eigenvalue weighted by Crippen LogP contribution is 2.31. The SMILES string of the molecule is CCCNC(c1cc(C)c(C)s1)c1cnccc1C. The van der Waals surface area contributed by atoms with Crippen molar-refractivity contribution in [2.24, 2.45) is 0 Å². The van der Waals surface area contributed by atoms with Crippen LogP contribution in [0.5, 0.6) is 0 Å². The first-order chi connectivity index (χ1) is 9.13. The molecule has 3 heteroatoms. The third-order valence-corrected chi connectivity index (χ3v) is 4.68. The quantitative estimate of drug-likeness (QED) is 0.885. The van der Waals surface area contributed by atoms with E-state index in [4.69, 9.17) is 0 Å². The molecule has 1 atom stereocenters. The molecule has 0 aromatic carbocycles. The Morgan fingerprint density at radius 3 is 2.63 bits per heavy atom. The summed E-state index contributed by atoms with van der Waals surface area (Å²) in [6.07, 6.45) is 4.99. The van der Waals surface area contributed by atoms with E-state index < -0.39 is 0 Å². The number of aromatic nitrogens is 1. The Hall–Kier alpha value is -1.19. The molecule has 2 rings (SSSR count). The summed E-state index contributed by atoms with van der Waals surface area (Å²) in [6, 6.07) is 4.66. The third-order valence-electron chi connectivity index (χ3n) is 3.46. The Morgan fingerprint density at radius 1 is 1.26 bits per heavy atom. The molecular weight excluding hydrogens is 252 g/mol. The molecule has 0 aliphatic rings. The van der Waals surface area contributed by atoms with Crippen molar-refractivity contribution in [3.63, 3.8) is 0 Å². The molecule has 0 saturated carbocycles. The first-order valence-electron chi connectivity index (χ1n) is 6.84. The minimum Gasteiger partial charge on any atom is -0.306 e. The van der Waals surface area contributed by atoms with Gasteiger partial charge in [0.05, 0.1) is 6.04 Å². The molecule has 2 aromatic rings. The van der Waals surface area contributed by atoms with E-state index >= 15 is 0 Å². The van der Waals surface area contributed by atoms with Gasteiger partial charge in [0.15, 0.2) is 0 Å². The second-order valence-electron chi connectivity index (χ2n) is 5.01. The van der Waals surface area contributed by atoms with Crippen LogP contribution >= 0.6 is 11.3 Å². The van der Waals surface area contributed by atoms with Gasteiger partial charge in [0.2, 0.25) is 0 Å². The third kappa shape index (κ3) is 3.23. The second-order valence-corrected chi connectivity index (χ2v) is 6.30. The van der Waals surface area contributed by atoms with Crippen LogP contribution in [0.2, 0.25) is 0 Å². The number of pyridine rings is 1. The molecule has 0 radical (unpaired) electrons. The molecule has 1 unspecified atom stereocenters. The molecule has 19 heavy (non-hydrogen) atoms. The molecule has 0 fully saturated rings. The average Bonchev–Trinajstić information content (AvgIpc) is 2.72. The van der Waals surface area contributed by atoms with E-state index in [1.165, 1.54) is 26.4 Å². The van der Waals surface area contributed by atoms with E-state index in [1.807, 2.05) is 23.7 Å². The number of nitrogens with zero attached hydrogens (tertiary/aromatic N) is 1. The van der Waals surface area contributed by atoms with Crippen molar-refractivity contribution in [1.29, 1.82) is 0 Å². The van der Waals surface area contributed by atoms with E-state index in [0.29, 0.717) is 0 Å². The lowest BCUT2D eigenvalue weighted by atomic mass is 10.0. The minimum atomic E-state index is 0.269. The normalized spacial score (nSPS) is 12.6. The van der Waals surface area contributed by atoms with E-state index in [1.54, 1.807) is 0 Å². The van der Waals surface area contributed by atoms with Gasteiger partial charge in [0.1, 0.15) is 0 Å². The fraction of sp³-hybridized carbons (Fsp3) is 0.438. The smallest absolute Gasteiger partial charge is 0.0688 e. The number of hydrogen-bond donors (Lipinski definition) is 1. The van der Waals surface area contributed by atoms with Gasteiger partial charge in [-0.3, -0.25) is 4.98 Å². The van der Waals surface area contributed by atoms with Gasteiger partial charge in [-0.15, -0.1) is 11.3 Å². The molecule has 0 spiro atoms. The average molecular weight is 274 g/mol. The van der Waals surface area contributed by atoms with E-state index in [2.05, 4.69) is 50.1 Å². The van der Waals surface area contributed by atoms with Gasteiger partial charge in [-0.2, -0.15) is 0 Å². The van der Waals surface area contributed by atoms with Crippen molar-refractivity contribution >= 4 is 11.3 Å². The Balaban J connectivity index is 2.38. The maximum atomic E-state index is 4.29. The highest BCUT2D eigenvalue weighted by molar-refractivity contribution is 7.12. The summed E-state index contributed by atoms with van der Waals surface area (Å²) in [7, 11) is 0. The molecule has 0 aliphatic carbocycles. The van der Waals surface area contributed by atoms with Crippen LogP contribution in [0, 0.1) is 20.8 Å². The van der Waals surface area contributed by atoms with Crippen molar-refractivity contribution in [1.82, 2.24) is 10.3 Å². The van der Waals surface area contributed by atoms with Gasteiger partial charge in [0.25, 0.3) is 0 Å². The second kappa shape index (κ2) is 6.31. The zero-order valence-corrected chi connectivity index (χ0v) is 13.0. The van der Waals surface area contributed by atoms with Crippen LogP contribution in [0.4, 0.5) is 0 Å². The highest BCUT2D eigenvalue weighted by Gasteiger charge is 2.18. The molecule has 2 aromatic heterocycles. The number of thiophene rings is 1. The van der Waals surface area contributed by atoms with Gasteiger partial charge < -0.3 is 5.32 Å². The van der Waals surface area contributed by atoms with Crippen molar-refractivity contribution in [2.75, 3.05) is 6.54 Å². The minimum absolute atomic E-state index is 0.269. The summed E-state index contributed by atoms with van der Waals surface area (Å²) in [5, 5.41) is 3.65. The van der Waals surface area contributed by atoms with Crippen LogP contribution in [0.15, 0.2) is 24.5 Å². The molecule has 0 aliphatic heterocycles. The summed E-state index contributed by atoms with van der Waals surface area (Å²) >= 11 is 1.89. The van der Waals surface area contributed by atoms with Crippen molar-refractivity contribution in [3.05, 3.63) is 51.0 Å². The lowest BCUT2D eigenvalue weighted by molar-refractivity contribution is 0.602. The number of aryl methyl sites for hydroxylation is 3. The fourth-order valence-corrected chi connectivity index (χ4v) is 3.31. The van der Waals surface area contributed by atoms with Gasteiger partial charge in [0, 0.05) is 22.1 Å². The Kier molecular flexibility index (Phi) is 4.72. The van der Waals surface area contributed by atoms with Gasteiger partial charge in [-0.1, -0.05) is 6.92 Å². The van der Waals surface area contributed by atoms with Crippen molar-refractivity contribution in [2.45, 2.75) is 40.2 Å². The summed E-state index contributed by atoms with van der Waals surface area (Å²) in [4.78, 5) is 7.08. The highest BCUT2D eigenvalue weighted by atomic mass is 32.1. The summed E-state index contributed by atoms with van der Waals surface area (Å²) < 4.78 is 0. The molecule has 0 amide bonds. The van der Waals surface area contributed by atoms with E-state index in [-0.39, 0.29) is 6.04 Å². The molecule has 0 saturated heterocycles. The predicted molar refractivity (Wildman–Crippen MR) is 82.9 cm³/mol. The molecule has 2 nitrogen and oxygen atoms in total. The van der Waals surface area contributed by atoms with E-state index in [9.17, 15) is 0 Å².